The topological polar surface area (TPSA) is 69.0 Å². The van der Waals surface area contributed by atoms with Crippen LogP contribution in [0.15, 0.2) is 54.2 Å². The molecule has 1 unspecified atom stereocenters. The van der Waals surface area contributed by atoms with E-state index in [-0.39, 0.29) is 17.8 Å². The summed E-state index contributed by atoms with van der Waals surface area (Å²) in [4.78, 5) is 12.6. The zero-order valence-corrected chi connectivity index (χ0v) is 20.1. The summed E-state index contributed by atoms with van der Waals surface area (Å²) in [6.45, 7) is 14.4. The molecule has 1 amide bonds. The Morgan fingerprint density at radius 3 is 2.50 bits per heavy atom. The maximum atomic E-state index is 12.6. The number of hydrogen-bond acceptors (Lipinski definition) is 5. The van der Waals surface area contributed by atoms with E-state index in [9.17, 15) is 4.79 Å². The van der Waals surface area contributed by atoms with Crippen LogP contribution in [-0.2, 0) is 11.3 Å². The SMILES string of the molecule is C=CCn1c(SCC(=O)Nc2c(C)cccc2C)nnc1C(C)Oc1ccc(C)c(C)c1. The predicted octanol–water partition coefficient (Wildman–Crippen LogP) is 5.57. The highest BCUT2D eigenvalue weighted by atomic mass is 32.2. The maximum absolute atomic E-state index is 12.6. The largest absolute Gasteiger partial charge is 0.483 e. The number of carbonyl (C=O) groups is 1. The number of nitrogens with zero attached hydrogens (tertiary/aromatic N) is 3. The van der Waals surface area contributed by atoms with Crippen LogP contribution in [0.1, 0.15) is 41.1 Å². The molecule has 3 rings (SSSR count). The van der Waals surface area contributed by atoms with Gasteiger partial charge in [0.25, 0.3) is 0 Å². The fourth-order valence-electron chi connectivity index (χ4n) is 3.37. The summed E-state index contributed by atoms with van der Waals surface area (Å²) in [6, 6.07) is 12.0. The van der Waals surface area contributed by atoms with Gasteiger partial charge in [0.15, 0.2) is 17.1 Å². The fraction of sp³-hybridized carbons (Fsp3) is 0.320. The van der Waals surface area contributed by atoms with Crippen molar-refractivity contribution in [3.63, 3.8) is 0 Å². The second-order valence-corrected chi connectivity index (χ2v) is 8.79. The molecular formula is C25H30N4O2S. The second kappa shape index (κ2) is 10.5. The molecule has 0 aliphatic rings. The Morgan fingerprint density at radius 2 is 1.84 bits per heavy atom. The number of carbonyl (C=O) groups excluding carboxylic acids is 1. The molecule has 3 aromatic rings. The van der Waals surface area contributed by atoms with Crippen molar-refractivity contribution in [3.05, 3.63) is 77.1 Å². The van der Waals surface area contributed by atoms with Crippen LogP contribution in [0, 0.1) is 27.7 Å². The summed E-state index contributed by atoms with van der Waals surface area (Å²) >= 11 is 1.35. The molecule has 32 heavy (non-hydrogen) atoms. The van der Waals surface area contributed by atoms with E-state index in [1.807, 2.05) is 61.7 Å². The Labute approximate surface area is 194 Å². The number of aryl methyl sites for hydroxylation is 4. The molecule has 0 spiro atoms. The lowest BCUT2D eigenvalue weighted by Crippen LogP contribution is -2.17. The minimum Gasteiger partial charge on any atom is -0.483 e. The first-order valence-corrected chi connectivity index (χ1v) is 11.6. The lowest BCUT2D eigenvalue weighted by atomic mass is 10.1. The molecule has 0 aliphatic heterocycles. The van der Waals surface area contributed by atoms with E-state index in [0.29, 0.717) is 17.5 Å². The molecule has 6 nitrogen and oxygen atoms in total. The Morgan fingerprint density at radius 1 is 1.12 bits per heavy atom. The molecular weight excluding hydrogens is 420 g/mol. The number of ether oxygens (including phenoxy) is 1. The number of allylic oxidation sites excluding steroid dienone is 1. The van der Waals surface area contributed by atoms with Crippen LogP contribution in [0.25, 0.3) is 0 Å². The number of thioether (sulfide) groups is 1. The normalized spacial score (nSPS) is 11.8. The lowest BCUT2D eigenvalue weighted by molar-refractivity contribution is -0.113. The molecule has 168 valence electrons. The van der Waals surface area contributed by atoms with E-state index in [4.69, 9.17) is 4.74 Å². The van der Waals surface area contributed by atoms with Gasteiger partial charge in [0.1, 0.15) is 5.75 Å². The summed E-state index contributed by atoms with van der Waals surface area (Å²) in [5.74, 6) is 1.63. The molecule has 0 fully saturated rings. The average Bonchev–Trinajstić information content (AvgIpc) is 3.15. The molecule has 0 aliphatic carbocycles. The van der Waals surface area contributed by atoms with Gasteiger partial charge in [-0.25, -0.2) is 0 Å². The van der Waals surface area contributed by atoms with E-state index < -0.39 is 0 Å². The van der Waals surface area contributed by atoms with Gasteiger partial charge in [-0.3, -0.25) is 9.36 Å². The van der Waals surface area contributed by atoms with Crippen LogP contribution in [0.2, 0.25) is 0 Å². The molecule has 0 bridgehead atoms. The molecule has 0 saturated heterocycles. The fourth-order valence-corrected chi connectivity index (χ4v) is 4.12. The highest BCUT2D eigenvalue weighted by Gasteiger charge is 2.20. The Balaban J connectivity index is 1.70. The summed E-state index contributed by atoms with van der Waals surface area (Å²) in [6.07, 6.45) is 1.48. The van der Waals surface area contributed by atoms with Gasteiger partial charge in [0, 0.05) is 12.2 Å². The monoisotopic (exact) mass is 450 g/mol. The van der Waals surface area contributed by atoms with Gasteiger partial charge in [-0.15, -0.1) is 16.8 Å². The Bertz CT molecular complexity index is 1100. The number of aromatic nitrogens is 3. The van der Waals surface area contributed by atoms with E-state index in [2.05, 4.69) is 35.9 Å². The summed E-state index contributed by atoms with van der Waals surface area (Å²) in [7, 11) is 0. The second-order valence-electron chi connectivity index (χ2n) is 7.85. The Hall–Kier alpha value is -3.06. The van der Waals surface area contributed by atoms with Crippen LogP contribution >= 0.6 is 11.8 Å². The first-order chi connectivity index (χ1) is 15.3. The summed E-state index contributed by atoms with van der Waals surface area (Å²) in [5.41, 5.74) is 5.34. The summed E-state index contributed by atoms with van der Waals surface area (Å²) < 4.78 is 8.06. The van der Waals surface area contributed by atoms with E-state index in [1.165, 1.54) is 22.9 Å². The number of amides is 1. The van der Waals surface area contributed by atoms with E-state index in [0.717, 1.165) is 22.6 Å². The van der Waals surface area contributed by atoms with Gasteiger partial charge in [-0.1, -0.05) is 42.1 Å². The van der Waals surface area contributed by atoms with Crippen molar-refractivity contribution in [2.24, 2.45) is 0 Å². The van der Waals surface area contributed by atoms with Crippen molar-refractivity contribution in [1.82, 2.24) is 14.8 Å². The first kappa shape index (κ1) is 23.6. The number of benzene rings is 2. The molecule has 0 radical (unpaired) electrons. The third kappa shape index (κ3) is 5.59. The van der Waals surface area contributed by atoms with E-state index in [1.54, 1.807) is 6.08 Å². The molecule has 1 atom stereocenters. The maximum Gasteiger partial charge on any atom is 0.234 e. The van der Waals surface area contributed by atoms with Gasteiger partial charge in [-0.05, 0) is 69.0 Å². The highest BCUT2D eigenvalue weighted by molar-refractivity contribution is 7.99. The van der Waals surface area contributed by atoms with Gasteiger partial charge >= 0.3 is 0 Å². The average molecular weight is 451 g/mol. The Kier molecular flexibility index (Phi) is 7.75. The minimum absolute atomic E-state index is 0.0819. The zero-order chi connectivity index (χ0) is 23.3. The van der Waals surface area contributed by atoms with Crippen molar-refractivity contribution in [1.29, 1.82) is 0 Å². The molecule has 1 aromatic heterocycles. The van der Waals surface area contributed by atoms with Crippen LogP contribution in [0.3, 0.4) is 0 Å². The number of nitrogens with one attached hydrogen (secondary N) is 1. The highest BCUT2D eigenvalue weighted by Crippen LogP contribution is 2.26. The van der Waals surface area contributed by atoms with Crippen molar-refractivity contribution in [2.75, 3.05) is 11.1 Å². The quantitative estimate of drug-likeness (QED) is 0.341. The lowest BCUT2D eigenvalue weighted by Gasteiger charge is -2.16. The van der Waals surface area contributed by atoms with Gasteiger partial charge in [-0.2, -0.15) is 0 Å². The van der Waals surface area contributed by atoms with Gasteiger partial charge < -0.3 is 10.1 Å². The molecule has 1 N–H and O–H groups in total. The number of para-hydroxylation sites is 1. The molecule has 7 heteroatoms. The van der Waals surface area contributed by atoms with E-state index >= 15 is 0 Å². The first-order valence-electron chi connectivity index (χ1n) is 10.6. The van der Waals surface area contributed by atoms with Crippen molar-refractivity contribution in [3.8, 4) is 5.75 Å². The third-order valence-corrected chi connectivity index (χ3v) is 6.26. The van der Waals surface area contributed by atoms with Gasteiger partial charge in [0.2, 0.25) is 5.91 Å². The molecule has 0 saturated carbocycles. The van der Waals surface area contributed by atoms with Crippen LogP contribution in [-0.4, -0.2) is 26.4 Å². The number of hydrogen-bond donors (Lipinski definition) is 1. The standard InChI is InChI=1S/C25H30N4O2S/c1-7-13-29-24(20(6)31-21-12-11-16(2)19(5)14-21)27-28-25(29)32-15-22(30)26-23-17(3)9-8-10-18(23)4/h7-12,14,20H,1,13,15H2,2-6H3,(H,26,30). The van der Waals surface area contributed by atoms with Crippen molar-refractivity contribution >= 4 is 23.4 Å². The van der Waals surface area contributed by atoms with Crippen LogP contribution in [0.4, 0.5) is 5.69 Å². The number of rotatable bonds is 9. The van der Waals surface area contributed by atoms with Crippen molar-refractivity contribution < 1.29 is 9.53 Å². The van der Waals surface area contributed by atoms with Crippen LogP contribution < -0.4 is 10.1 Å². The minimum atomic E-state index is -0.303. The summed E-state index contributed by atoms with van der Waals surface area (Å²) in [5, 5.41) is 12.3. The molecule has 1 heterocycles. The predicted molar refractivity (Wildman–Crippen MR) is 130 cm³/mol. The smallest absolute Gasteiger partial charge is 0.234 e. The third-order valence-electron chi connectivity index (χ3n) is 5.29. The number of anilines is 1. The zero-order valence-electron chi connectivity index (χ0n) is 19.3. The van der Waals surface area contributed by atoms with Gasteiger partial charge in [0.05, 0.1) is 5.75 Å². The van der Waals surface area contributed by atoms with Crippen LogP contribution in [0.5, 0.6) is 5.75 Å². The van der Waals surface area contributed by atoms with Crippen molar-refractivity contribution in [2.45, 2.75) is 52.4 Å². The molecule has 2 aromatic carbocycles.